The third-order valence-corrected chi connectivity index (χ3v) is 2.09. The summed E-state index contributed by atoms with van der Waals surface area (Å²) in [5, 5.41) is 11.1. The van der Waals surface area contributed by atoms with Crippen LogP contribution in [0.25, 0.3) is 0 Å². The topological polar surface area (TPSA) is 61.6 Å². The minimum atomic E-state index is -0.531. The number of nitro groups is 1. The minimum Gasteiger partial charge on any atom is -0.495 e. The van der Waals surface area contributed by atoms with Gasteiger partial charge >= 0.3 is 5.69 Å². The van der Waals surface area contributed by atoms with E-state index in [0.717, 1.165) is 0 Å². The van der Waals surface area contributed by atoms with Gasteiger partial charge in [-0.05, 0) is 13.8 Å². The Kier molecular flexibility index (Phi) is 3.95. The average Bonchev–Trinajstić information content (AvgIpc) is 2.16. The summed E-state index contributed by atoms with van der Waals surface area (Å²) in [6.07, 6.45) is -0.164. The number of benzene rings is 1. The zero-order chi connectivity index (χ0) is 12.3. The summed E-state index contributed by atoms with van der Waals surface area (Å²) in [5.74, 6) is 0.398. The quantitative estimate of drug-likeness (QED) is 0.604. The molecule has 0 atom stereocenters. The SMILES string of the molecule is COc1cc([N+](=O)[O-])c(OC(C)C)cc1Cl. The Morgan fingerprint density at radius 3 is 2.44 bits per heavy atom. The molecule has 0 aliphatic heterocycles. The number of halogens is 1. The molecule has 0 saturated carbocycles. The number of nitro benzene ring substituents is 1. The van der Waals surface area contributed by atoms with E-state index >= 15 is 0 Å². The van der Waals surface area contributed by atoms with Crippen LogP contribution in [-0.2, 0) is 0 Å². The highest BCUT2D eigenvalue weighted by Crippen LogP contribution is 2.37. The first-order valence-electron chi connectivity index (χ1n) is 4.64. The molecule has 0 aliphatic rings. The molecule has 0 unspecified atom stereocenters. The van der Waals surface area contributed by atoms with Crippen molar-refractivity contribution in [2.75, 3.05) is 7.11 Å². The maximum atomic E-state index is 10.8. The van der Waals surface area contributed by atoms with Crippen LogP contribution in [0.1, 0.15) is 13.8 Å². The van der Waals surface area contributed by atoms with E-state index in [1.54, 1.807) is 13.8 Å². The third kappa shape index (κ3) is 2.76. The van der Waals surface area contributed by atoms with Gasteiger partial charge in [0.05, 0.1) is 29.2 Å². The predicted octanol–water partition coefficient (Wildman–Crippen LogP) is 3.04. The average molecular weight is 246 g/mol. The van der Waals surface area contributed by atoms with Gasteiger partial charge in [0, 0.05) is 6.07 Å². The number of methoxy groups -OCH3 is 1. The van der Waals surface area contributed by atoms with Crippen molar-refractivity contribution < 1.29 is 14.4 Å². The summed E-state index contributed by atoms with van der Waals surface area (Å²) < 4.78 is 10.2. The first-order chi connectivity index (χ1) is 7.45. The Bertz CT molecular complexity index is 406. The number of ether oxygens (including phenoxy) is 2. The molecule has 1 rings (SSSR count). The van der Waals surface area contributed by atoms with Crippen molar-refractivity contribution in [2.45, 2.75) is 20.0 Å². The molecule has 0 bridgehead atoms. The fourth-order valence-corrected chi connectivity index (χ4v) is 1.40. The largest absolute Gasteiger partial charge is 0.495 e. The van der Waals surface area contributed by atoms with Gasteiger partial charge in [-0.15, -0.1) is 0 Å². The molecule has 0 spiro atoms. The van der Waals surface area contributed by atoms with Crippen molar-refractivity contribution in [1.29, 1.82) is 0 Å². The normalized spacial score (nSPS) is 10.3. The van der Waals surface area contributed by atoms with Gasteiger partial charge in [0.1, 0.15) is 5.75 Å². The zero-order valence-electron chi connectivity index (χ0n) is 9.19. The summed E-state index contributed by atoms with van der Waals surface area (Å²) in [6.45, 7) is 3.56. The molecule has 0 aliphatic carbocycles. The van der Waals surface area contributed by atoms with Gasteiger partial charge in [-0.25, -0.2) is 0 Å². The maximum Gasteiger partial charge on any atom is 0.314 e. The molecule has 1 aromatic carbocycles. The van der Waals surface area contributed by atoms with Crippen LogP contribution in [0.15, 0.2) is 12.1 Å². The molecule has 0 radical (unpaired) electrons. The van der Waals surface area contributed by atoms with Gasteiger partial charge in [-0.1, -0.05) is 11.6 Å². The molecule has 0 amide bonds. The number of rotatable bonds is 4. The molecule has 0 fully saturated rings. The second kappa shape index (κ2) is 5.03. The first kappa shape index (κ1) is 12.6. The van der Waals surface area contributed by atoms with Crippen LogP contribution in [-0.4, -0.2) is 18.1 Å². The third-order valence-electron chi connectivity index (χ3n) is 1.79. The molecular weight excluding hydrogens is 234 g/mol. The van der Waals surface area contributed by atoms with Crippen LogP contribution in [0.5, 0.6) is 11.5 Å². The van der Waals surface area contributed by atoms with Crippen LogP contribution in [0.3, 0.4) is 0 Å². The lowest BCUT2D eigenvalue weighted by Crippen LogP contribution is -2.07. The van der Waals surface area contributed by atoms with Gasteiger partial charge < -0.3 is 9.47 Å². The van der Waals surface area contributed by atoms with E-state index in [-0.39, 0.29) is 28.3 Å². The summed E-state index contributed by atoms with van der Waals surface area (Å²) in [7, 11) is 1.40. The molecule has 1 aromatic rings. The van der Waals surface area contributed by atoms with Gasteiger partial charge in [0.15, 0.2) is 5.75 Å². The fourth-order valence-electron chi connectivity index (χ4n) is 1.17. The van der Waals surface area contributed by atoms with Gasteiger partial charge in [0.2, 0.25) is 0 Å². The van der Waals surface area contributed by atoms with Crippen molar-refractivity contribution in [3.8, 4) is 11.5 Å². The summed E-state index contributed by atoms with van der Waals surface area (Å²) in [5.41, 5.74) is -0.157. The van der Waals surface area contributed by atoms with E-state index < -0.39 is 4.92 Å². The molecule has 0 N–H and O–H groups in total. The lowest BCUT2D eigenvalue weighted by molar-refractivity contribution is -0.386. The minimum absolute atomic E-state index is 0.144. The predicted molar refractivity (Wildman–Crippen MR) is 60.4 cm³/mol. The maximum absolute atomic E-state index is 10.8. The molecule has 0 heterocycles. The van der Waals surface area contributed by atoms with Crippen molar-refractivity contribution in [3.05, 3.63) is 27.3 Å². The second-order valence-corrected chi connectivity index (χ2v) is 3.79. The van der Waals surface area contributed by atoms with Crippen molar-refractivity contribution in [3.63, 3.8) is 0 Å². The monoisotopic (exact) mass is 245 g/mol. The van der Waals surface area contributed by atoms with Crippen LogP contribution in [0.2, 0.25) is 5.02 Å². The highest BCUT2D eigenvalue weighted by Gasteiger charge is 2.20. The van der Waals surface area contributed by atoms with E-state index in [4.69, 9.17) is 21.1 Å². The number of hydrogen-bond donors (Lipinski definition) is 0. The molecule has 0 aromatic heterocycles. The molecule has 5 nitrogen and oxygen atoms in total. The van der Waals surface area contributed by atoms with Gasteiger partial charge in [-0.3, -0.25) is 10.1 Å². The van der Waals surface area contributed by atoms with E-state index in [2.05, 4.69) is 0 Å². The van der Waals surface area contributed by atoms with E-state index in [9.17, 15) is 10.1 Å². The Hall–Kier alpha value is -1.49. The standard InChI is InChI=1S/C10H12ClNO4/c1-6(2)16-10-4-7(11)9(15-3)5-8(10)12(13)14/h4-6H,1-3H3. The Labute approximate surface area is 98.1 Å². The highest BCUT2D eigenvalue weighted by atomic mass is 35.5. The molecule has 6 heteroatoms. The smallest absolute Gasteiger partial charge is 0.314 e. The molecule has 0 saturated heterocycles. The number of hydrogen-bond acceptors (Lipinski definition) is 4. The summed E-state index contributed by atoms with van der Waals surface area (Å²) in [6, 6.07) is 2.64. The van der Waals surface area contributed by atoms with Crippen molar-refractivity contribution in [1.82, 2.24) is 0 Å². The molecular formula is C10H12ClNO4. The Balaban J connectivity index is 3.24. The fraction of sp³-hybridized carbons (Fsp3) is 0.400. The van der Waals surface area contributed by atoms with Crippen LogP contribution >= 0.6 is 11.6 Å². The summed E-state index contributed by atoms with van der Waals surface area (Å²) >= 11 is 5.86. The van der Waals surface area contributed by atoms with Crippen molar-refractivity contribution >= 4 is 17.3 Å². The van der Waals surface area contributed by atoms with Crippen molar-refractivity contribution in [2.24, 2.45) is 0 Å². The summed E-state index contributed by atoms with van der Waals surface area (Å²) in [4.78, 5) is 10.3. The lowest BCUT2D eigenvalue weighted by atomic mass is 10.2. The Morgan fingerprint density at radius 1 is 1.38 bits per heavy atom. The van der Waals surface area contributed by atoms with E-state index in [1.807, 2.05) is 0 Å². The first-order valence-corrected chi connectivity index (χ1v) is 5.02. The zero-order valence-corrected chi connectivity index (χ0v) is 9.95. The highest BCUT2D eigenvalue weighted by molar-refractivity contribution is 6.32. The van der Waals surface area contributed by atoms with Crippen LogP contribution in [0.4, 0.5) is 5.69 Å². The van der Waals surface area contributed by atoms with Gasteiger partial charge in [-0.2, -0.15) is 0 Å². The lowest BCUT2D eigenvalue weighted by Gasteiger charge is -2.11. The second-order valence-electron chi connectivity index (χ2n) is 3.38. The Morgan fingerprint density at radius 2 is 2.00 bits per heavy atom. The molecule has 16 heavy (non-hydrogen) atoms. The number of nitrogens with zero attached hydrogens (tertiary/aromatic N) is 1. The van der Waals surface area contributed by atoms with E-state index in [0.29, 0.717) is 0 Å². The van der Waals surface area contributed by atoms with Gasteiger partial charge in [0.25, 0.3) is 0 Å². The van der Waals surface area contributed by atoms with E-state index in [1.165, 1.54) is 19.2 Å². The molecule has 88 valence electrons. The van der Waals surface area contributed by atoms with Crippen LogP contribution < -0.4 is 9.47 Å². The van der Waals surface area contributed by atoms with Crippen LogP contribution in [0, 0.1) is 10.1 Å².